The van der Waals surface area contributed by atoms with Crippen LogP contribution in [0.15, 0.2) is 82.2 Å². The molecule has 0 heterocycles. The summed E-state index contributed by atoms with van der Waals surface area (Å²) in [5, 5.41) is 2.90. The molecule has 1 amide bonds. The lowest BCUT2D eigenvalue weighted by atomic mass is 10.0. The second kappa shape index (κ2) is 11.0. The quantitative estimate of drug-likeness (QED) is 0.223. The van der Waals surface area contributed by atoms with Gasteiger partial charge in [-0.25, -0.2) is 0 Å². The maximum absolute atomic E-state index is 12.9. The van der Waals surface area contributed by atoms with Gasteiger partial charge in [-0.05, 0) is 54.6 Å². The molecular formula is C24H22BrNO3S. The molecule has 0 aromatic heterocycles. The summed E-state index contributed by atoms with van der Waals surface area (Å²) < 4.78 is 5.94. The molecule has 3 aromatic carbocycles. The van der Waals surface area contributed by atoms with E-state index in [-0.39, 0.29) is 11.7 Å². The average Bonchev–Trinajstić information content (AvgIpc) is 2.78. The number of ether oxygens (including phenoxy) is 1. The lowest BCUT2D eigenvalue weighted by Crippen LogP contribution is -2.15. The molecule has 0 aliphatic heterocycles. The predicted molar refractivity (Wildman–Crippen MR) is 126 cm³/mol. The highest BCUT2D eigenvalue weighted by molar-refractivity contribution is 9.10. The number of anilines is 1. The molecule has 0 unspecified atom stereocenters. The minimum absolute atomic E-state index is 0.102. The van der Waals surface area contributed by atoms with E-state index in [0.29, 0.717) is 23.2 Å². The molecule has 0 saturated heterocycles. The zero-order valence-electron chi connectivity index (χ0n) is 16.6. The number of carbonyl (C=O) groups excluding carboxylic acids is 2. The Kier molecular flexibility index (Phi) is 8.11. The minimum atomic E-state index is -0.123. The summed E-state index contributed by atoms with van der Waals surface area (Å²) in [6, 6.07) is 22.2. The van der Waals surface area contributed by atoms with E-state index in [0.717, 1.165) is 27.3 Å². The number of hydrogen-bond donors (Lipinski definition) is 1. The monoisotopic (exact) mass is 483 g/mol. The molecule has 0 radical (unpaired) electrons. The van der Waals surface area contributed by atoms with Crippen molar-refractivity contribution in [2.45, 2.75) is 17.7 Å². The first-order valence-corrected chi connectivity index (χ1v) is 11.3. The van der Waals surface area contributed by atoms with Gasteiger partial charge in [-0.15, -0.1) is 11.8 Å². The van der Waals surface area contributed by atoms with Gasteiger partial charge in [0.25, 0.3) is 0 Å². The number of rotatable bonds is 9. The van der Waals surface area contributed by atoms with Gasteiger partial charge in [0.1, 0.15) is 5.75 Å². The molecule has 3 aromatic rings. The number of halogens is 1. The molecule has 0 aliphatic rings. The van der Waals surface area contributed by atoms with Crippen molar-refractivity contribution in [3.63, 3.8) is 0 Å². The molecule has 30 heavy (non-hydrogen) atoms. The van der Waals surface area contributed by atoms with Crippen LogP contribution in [0.2, 0.25) is 0 Å². The van der Waals surface area contributed by atoms with Crippen LogP contribution in [-0.4, -0.2) is 24.6 Å². The van der Waals surface area contributed by atoms with Crippen LogP contribution < -0.4 is 10.1 Å². The molecule has 154 valence electrons. The van der Waals surface area contributed by atoms with Crippen LogP contribution in [0, 0.1) is 0 Å². The molecule has 1 N–H and O–H groups in total. The average molecular weight is 484 g/mol. The number of carbonyl (C=O) groups is 2. The lowest BCUT2D eigenvalue weighted by molar-refractivity contribution is -0.116. The smallest absolute Gasteiger partial charge is 0.224 e. The van der Waals surface area contributed by atoms with Gasteiger partial charge in [0.05, 0.1) is 12.8 Å². The number of ketones is 1. The van der Waals surface area contributed by atoms with Gasteiger partial charge in [0.15, 0.2) is 5.78 Å². The Labute approximate surface area is 189 Å². The first-order chi connectivity index (χ1) is 14.6. The number of amides is 1. The van der Waals surface area contributed by atoms with Crippen LogP contribution in [0.1, 0.15) is 28.8 Å². The third-order valence-electron chi connectivity index (χ3n) is 4.41. The summed E-state index contributed by atoms with van der Waals surface area (Å²) in [5.74, 6) is 1.43. The van der Waals surface area contributed by atoms with Gasteiger partial charge in [0, 0.05) is 26.9 Å². The first kappa shape index (κ1) is 22.1. The predicted octanol–water partition coefficient (Wildman–Crippen LogP) is 6.20. The normalized spacial score (nSPS) is 10.5. The molecule has 0 spiro atoms. The Morgan fingerprint density at radius 1 is 1.00 bits per heavy atom. The molecule has 0 aliphatic carbocycles. The van der Waals surface area contributed by atoms with Crippen LogP contribution in [0.5, 0.6) is 5.75 Å². The summed E-state index contributed by atoms with van der Waals surface area (Å²) >= 11 is 5.11. The van der Waals surface area contributed by atoms with E-state index >= 15 is 0 Å². The maximum atomic E-state index is 12.9. The third kappa shape index (κ3) is 6.21. The number of nitrogens with one attached hydrogen (secondary N) is 1. The van der Waals surface area contributed by atoms with Crippen molar-refractivity contribution >= 4 is 45.1 Å². The van der Waals surface area contributed by atoms with Gasteiger partial charge < -0.3 is 10.1 Å². The Hall–Kier alpha value is -2.57. The van der Waals surface area contributed by atoms with Crippen molar-refractivity contribution < 1.29 is 14.3 Å². The number of methoxy groups -OCH3 is 1. The number of hydrogen-bond acceptors (Lipinski definition) is 4. The van der Waals surface area contributed by atoms with Crippen LogP contribution in [-0.2, 0) is 4.79 Å². The maximum Gasteiger partial charge on any atom is 0.224 e. The zero-order chi connectivity index (χ0) is 21.3. The van der Waals surface area contributed by atoms with E-state index < -0.39 is 0 Å². The fraction of sp³-hybridized carbons (Fsp3) is 0.167. The van der Waals surface area contributed by atoms with E-state index in [2.05, 4.69) is 21.2 Å². The van der Waals surface area contributed by atoms with Crippen molar-refractivity contribution in [1.29, 1.82) is 0 Å². The SMILES string of the molecule is COc1ccc(SCCCC(=O)Nc2ccc(Br)cc2C(=O)c2ccccc2)cc1. The molecule has 3 rings (SSSR count). The van der Waals surface area contributed by atoms with Gasteiger partial charge in [-0.3, -0.25) is 9.59 Å². The van der Waals surface area contributed by atoms with Crippen molar-refractivity contribution in [3.8, 4) is 5.75 Å². The fourth-order valence-corrected chi connectivity index (χ4v) is 4.08. The van der Waals surface area contributed by atoms with E-state index in [4.69, 9.17) is 4.74 Å². The van der Waals surface area contributed by atoms with Gasteiger partial charge in [-0.1, -0.05) is 46.3 Å². The molecule has 0 atom stereocenters. The van der Waals surface area contributed by atoms with Crippen molar-refractivity contribution in [2.24, 2.45) is 0 Å². The standard InChI is InChI=1S/C24H22BrNO3S/c1-29-19-10-12-20(13-11-19)30-15-5-8-23(27)26-22-14-9-18(25)16-21(22)24(28)17-6-3-2-4-7-17/h2-4,6-7,9-14,16H,5,8,15H2,1H3,(H,26,27). The second-order valence-electron chi connectivity index (χ2n) is 6.56. The Balaban J connectivity index is 1.56. The lowest BCUT2D eigenvalue weighted by Gasteiger charge is -2.11. The zero-order valence-corrected chi connectivity index (χ0v) is 19.0. The molecule has 0 bridgehead atoms. The first-order valence-electron chi connectivity index (χ1n) is 9.53. The summed E-state index contributed by atoms with van der Waals surface area (Å²) in [6.45, 7) is 0. The van der Waals surface area contributed by atoms with Gasteiger partial charge in [-0.2, -0.15) is 0 Å². The number of thioether (sulfide) groups is 1. The van der Waals surface area contributed by atoms with Gasteiger partial charge >= 0.3 is 0 Å². The Bertz CT molecular complexity index is 1010. The van der Waals surface area contributed by atoms with Crippen LogP contribution in [0.4, 0.5) is 5.69 Å². The number of benzene rings is 3. The van der Waals surface area contributed by atoms with E-state index in [1.807, 2.05) is 48.5 Å². The van der Waals surface area contributed by atoms with Crippen LogP contribution in [0.3, 0.4) is 0 Å². The van der Waals surface area contributed by atoms with Crippen LogP contribution in [0.25, 0.3) is 0 Å². The van der Waals surface area contributed by atoms with E-state index in [1.165, 1.54) is 0 Å². The largest absolute Gasteiger partial charge is 0.497 e. The summed E-state index contributed by atoms with van der Waals surface area (Å²) in [6.07, 6.45) is 1.12. The van der Waals surface area contributed by atoms with Gasteiger partial charge in [0.2, 0.25) is 5.91 Å². The topological polar surface area (TPSA) is 55.4 Å². The Morgan fingerprint density at radius 2 is 1.73 bits per heavy atom. The minimum Gasteiger partial charge on any atom is -0.497 e. The molecule has 0 saturated carbocycles. The molecule has 6 heteroatoms. The van der Waals surface area contributed by atoms with Crippen molar-refractivity contribution in [3.05, 3.63) is 88.4 Å². The molecule has 0 fully saturated rings. The highest BCUT2D eigenvalue weighted by Crippen LogP contribution is 2.25. The third-order valence-corrected chi connectivity index (χ3v) is 6.00. The van der Waals surface area contributed by atoms with Crippen molar-refractivity contribution in [2.75, 3.05) is 18.2 Å². The van der Waals surface area contributed by atoms with E-state index in [1.54, 1.807) is 43.1 Å². The second-order valence-corrected chi connectivity index (χ2v) is 8.64. The Morgan fingerprint density at radius 3 is 2.43 bits per heavy atom. The summed E-state index contributed by atoms with van der Waals surface area (Å²) in [5.41, 5.74) is 1.58. The highest BCUT2D eigenvalue weighted by Gasteiger charge is 2.16. The van der Waals surface area contributed by atoms with Crippen molar-refractivity contribution in [1.82, 2.24) is 0 Å². The van der Waals surface area contributed by atoms with E-state index in [9.17, 15) is 9.59 Å². The fourth-order valence-electron chi connectivity index (χ4n) is 2.87. The molecular weight excluding hydrogens is 462 g/mol. The highest BCUT2D eigenvalue weighted by atomic mass is 79.9. The molecule has 4 nitrogen and oxygen atoms in total. The van der Waals surface area contributed by atoms with Crippen LogP contribution >= 0.6 is 27.7 Å². The summed E-state index contributed by atoms with van der Waals surface area (Å²) in [7, 11) is 1.64. The summed E-state index contributed by atoms with van der Waals surface area (Å²) in [4.78, 5) is 26.5.